The molecule has 1 N–H and O–H groups in total. The maximum absolute atomic E-state index is 10.6. The lowest BCUT2D eigenvalue weighted by Crippen LogP contribution is -2.06. The van der Waals surface area contributed by atoms with Gasteiger partial charge in [-0.3, -0.25) is 4.98 Å². The number of halogens is 1. The lowest BCUT2D eigenvalue weighted by atomic mass is 10.0. The Bertz CT molecular complexity index is 773. The molecule has 3 nitrogen and oxygen atoms in total. The average Bonchev–Trinajstić information content (AvgIpc) is 2.46. The minimum absolute atomic E-state index is 0.611. The third-order valence-corrected chi connectivity index (χ3v) is 3.97. The molecule has 1 aromatic carbocycles. The second-order valence-corrected chi connectivity index (χ2v) is 5.54. The molecule has 0 saturated carbocycles. The Morgan fingerprint density at radius 1 is 1.20 bits per heavy atom. The number of aliphatic hydroxyl groups excluding tert-OH is 1. The monoisotopic (exact) mass is 328 g/mol. The number of aliphatic hydroxyl groups is 1. The standard InChI is InChI=1S/C16H13BrN2O/c1-10-6-7-18-9-12(10)16(20)15-13(17)8-11-4-2-3-5-14(11)19-15/h2-9,16,20H,1H3. The van der Waals surface area contributed by atoms with Gasteiger partial charge in [0, 0.05) is 27.8 Å². The molecule has 1 unspecified atom stereocenters. The maximum atomic E-state index is 10.6. The van der Waals surface area contributed by atoms with Gasteiger partial charge in [0.25, 0.3) is 0 Å². The van der Waals surface area contributed by atoms with Gasteiger partial charge >= 0.3 is 0 Å². The van der Waals surface area contributed by atoms with E-state index in [2.05, 4.69) is 25.9 Å². The number of pyridine rings is 2. The molecule has 0 aliphatic heterocycles. The fraction of sp³-hybridized carbons (Fsp3) is 0.125. The van der Waals surface area contributed by atoms with Crippen molar-refractivity contribution in [3.63, 3.8) is 0 Å². The lowest BCUT2D eigenvalue weighted by Gasteiger charge is -2.15. The number of para-hydroxylation sites is 1. The van der Waals surface area contributed by atoms with Crippen molar-refractivity contribution < 1.29 is 5.11 Å². The first-order chi connectivity index (χ1) is 9.66. The molecular weight excluding hydrogens is 316 g/mol. The summed E-state index contributed by atoms with van der Waals surface area (Å²) in [6, 6.07) is 11.7. The van der Waals surface area contributed by atoms with Crippen molar-refractivity contribution in [2.45, 2.75) is 13.0 Å². The van der Waals surface area contributed by atoms with E-state index in [1.807, 2.05) is 43.3 Å². The molecule has 2 heterocycles. The van der Waals surface area contributed by atoms with Crippen LogP contribution in [0.4, 0.5) is 0 Å². The van der Waals surface area contributed by atoms with Crippen molar-refractivity contribution in [1.82, 2.24) is 9.97 Å². The van der Waals surface area contributed by atoms with Crippen molar-refractivity contribution in [2.75, 3.05) is 0 Å². The number of benzene rings is 1. The summed E-state index contributed by atoms with van der Waals surface area (Å²) in [5.74, 6) is 0. The van der Waals surface area contributed by atoms with Gasteiger partial charge in [-0.1, -0.05) is 18.2 Å². The largest absolute Gasteiger partial charge is 0.382 e. The first-order valence-corrected chi connectivity index (χ1v) is 7.10. The third kappa shape index (κ3) is 2.32. The van der Waals surface area contributed by atoms with E-state index in [0.29, 0.717) is 5.69 Å². The molecule has 0 bridgehead atoms. The maximum Gasteiger partial charge on any atom is 0.124 e. The minimum atomic E-state index is -0.789. The molecule has 1 atom stereocenters. The molecule has 0 aliphatic carbocycles. The predicted molar refractivity (Wildman–Crippen MR) is 82.5 cm³/mol. The van der Waals surface area contributed by atoms with Crippen molar-refractivity contribution in [1.29, 1.82) is 0 Å². The summed E-state index contributed by atoms with van der Waals surface area (Å²) in [6.07, 6.45) is 2.61. The average molecular weight is 329 g/mol. The zero-order valence-electron chi connectivity index (χ0n) is 10.9. The summed E-state index contributed by atoms with van der Waals surface area (Å²) in [7, 11) is 0. The van der Waals surface area contributed by atoms with Crippen LogP contribution in [0.2, 0.25) is 0 Å². The van der Waals surface area contributed by atoms with Gasteiger partial charge in [-0.15, -0.1) is 0 Å². The van der Waals surface area contributed by atoms with Crippen molar-refractivity contribution >= 4 is 26.8 Å². The van der Waals surface area contributed by atoms with Crippen LogP contribution >= 0.6 is 15.9 Å². The molecule has 0 radical (unpaired) electrons. The lowest BCUT2D eigenvalue weighted by molar-refractivity contribution is 0.213. The van der Waals surface area contributed by atoms with E-state index in [1.54, 1.807) is 12.4 Å². The Kier molecular flexibility index (Phi) is 3.51. The SMILES string of the molecule is Cc1ccncc1C(O)c1nc2ccccc2cc1Br. The first-order valence-electron chi connectivity index (χ1n) is 6.30. The van der Waals surface area contributed by atoms with Crippen LogP contribution in [0.1, 0.15) is 22.9 Å². The molecule has 3 aromatic rings. The highest BCUT2D eigenvalue weighted by molar-refractivity contribution is 9.10. The Balaban J connectivity index is 2.14. The molecule has 20 heavy (non-hydrogen) atoms. The Morgan fingerprint density at radius 3 is 2.80 bits per heavy atom. The number of aromatic nitrogens is 2. The third-order valence-electron chi connectivity index (χ3n) is 3.34. The van der Waals surface area contributed by atoms with Gasteiger partial charge in [0.2, 0.25) is 0 Å². The number of fused-ring (bicyclic) bond motifs is 1. The van der Waals surface area contributed by atoms with Crippen LogP contribution in [0, 0.1) is 6.92 Å². The highest BCUT2D eigenvalue weighted by atomic mass is 79.9. The van der Waals surface area contributed by atoms with E-state index in [4.69, 9.17) is 0 Å². The molecule has 2 aromatic heterocycles. The summed E-state index contributed by atoms with van der Waals surface area (Å²) in [5.41, 5.74) is 3.25. The molecule has 0 saturated heterocycles. The number of hydrogen-bond acceptors (Lipinski definition) is 3. The van der Waals surface area contributed by atoms with Gasteiger partial charge in [-0.05, 0) is 46.6 Å². The van der Waals surface area contributed by atoms with E-state index in [1.165, 1.54) is 0 Å². The zero-order chi connectivity index (χ0) is 14.1. The summed E-state index contributed by atoms with van der Waals surface area (Å²) in [6.45, 7) is 1.95. The molecule has 100 valence electrons. The molecule has 0 aliphatic rings. The predicted octanol–water partition coefficient (Wildman–Crippen LogP) is 3.78. The van der Waals surface area contributed by atoms with E-state index in [-0.39, 0.29) is 0 Å². The van der Waals surface area contributed by atoms with E-state index < -0.39 is 6.10 Å². The molecule has 4 heteroatoms. The Morgan fingerprint density at radius 2 is 2.00 bits per heavy atom. The van der Waals surface area contributed by atoms with Crippen LogP contribution < -0.4 is 0 Å². The number of aryl methyl sites for hydroxylation is 1. The molecule has 0 fully saturated rings. The molecule has 0 amide bonds. The van der Waals surface area contributed by atoms with Gasteiger partial charge < -0.3 is 5.11 Å². The highest BCUT2D eigenvalue weighted by Gasteiger charge is 2.18. The number of hydrogen-bond donors (Lipinski definition) is 1. The molecule has 0 spiro atoms. The van der Waals surface area contributed by atoms with Crippen LogP contribution in [0.15, 0.2) is 53.3 Å². The van der Waals surface area contributed by atoms with Crippen LogP contribution in [-0.2, 0) is 0 Å². The minimum Gasteiger partial charge on any atom is -0.382 e. The quantitative estimate of drug-likeness (QED) is 0.778. The van der Waals surface area contributed by atoms with Crippen LogP contribution in [0.5, 0.6) is 0 Å². The van der Waals surface area contributed by atoms with Gasteiger partial charge in [0.05, 0.1) is 11.2 Å². The summed E-state index contributed by atoms with van der Waals surface area (Å²) in [4.78, 5) is 8.65. The fourth-order valence-corrected chi connectivity index (χ4v) is 2.76. The Labute approximate surface area is 125 Å². The van der Waals surface area contributed by atoms with Gasteiger partial charge in [-0.2, -0.15) is 0 Å². The topological polar surface area (TPSA) is 46.0 Å². The molecule has 3 rings (SSSR count). The van der Waals surface area contributed by atoms with Crippen molar-refractivity contribution in [3.8, 4) is 0 Å². The number of nitrogens with zero attached hydrogens (tertiary/aromatic N) is 2. The summed E-state index contributed by atoms with van der Waals surface area (Å²) < 4.78 is 0.798. The van der Waals surface area contributed by atoms with Crippen molar-refractivity contribution in [2.24, 2.45) is 0 Å². The number of rotatable bonds is 2. The highest BCUT2D eigenvalue weighted by Crippen LogP contribution is 2.30. The van der Waals surface area contributed by atoms with Gasteiger partial charge in [0.15, 0.2) is 0 Å². The normalized spacial score (nSPS) is 12.6. The second-order valence-electron chi connectivity index (χ2n) is 4.68. The van der Waals surface area contributed by atoms with E-state index in [0.717, 1.165) is 26.5 Å². The zero-order valence-corrected chi connectivity index (χ0v) is 12.5. The van der Waals surface area contributed by atoms with Crippen LogP contribution in [0.25, 0.3) is 10.9 Å². The van der Waals surface area contributed by atoms with Crippen molar-refractivity contribution in [3.05, 3.63) is 70.1 Å². The summed E-state index contributed by atoms with van der Waals surface area (Å²) >= 11 is 3.50. The first kappa shape index (κ1) is 13.2. The summed E-state index contributed by atoms with van der Waals surface area (Å²) in [5, 5.41) is 11.6. The van der Waals surface area contributed by atoms with E-state index >= 15 is 0 Å². The van der Waals surface area contributed by atoms with Crippen LogP contribution in [-0.4, -0.2) is 15.1 Å². The smallest absolute Gasteiger partial charge is 0.124 e. The fourth-order valence-electron chi connectivity index (χ4n) is 2.21. The second kappa shape index (κ2) is 5.31. The Hall–Kier alpha value is -1.78. The van der Waals surface area contributed by atoms with Gasteiger partial charge in [-0.25, -0.2) is 4.98 Å². The van der Waals surface area contributed by atoms with Gasteiger partial charge in [0.1, 0.15) is 6.10 Å². The van der Waals surface area contributed by atoms with Crippen LogP contribution in [0.3, 0.4) is 0 Å². The molecular formula is C16H13BrN2O. The van der Waals surface area contributed by atoms with E-state index in [9.17, 15) is 5.11 Å².